The van der Waals surface area contributed by atoms with Crippen molar-refractivity contribution < 1.29 is 14.0 Å². The van der Waals surface area contributed by atoms with Gasteiger partial charge in [-0.1, -0.05) is 66.4 Å². The molecule has 3 aromatic rings. The highest BCUT2D eigenvalue weighted by molar-refractivity contribution is 6.30. The standard InChI is InChI=1S/C26H27ClN2O3/c1-18-8-10-19(11-9-18)17-29(26(31)23-7-4-16-32-23)24(20-12-14-21(27)15-13-20)25(30)28-22-5-2-3-6-22/h4,7-16,22,24H,2-3,5-6,17H2,1H3,(H,28,30). The van der Waals surface area contributed by atoms with Gasteiger partial charge in [-0.05, 0) is 55.2 Å². The van der Waals surface area contributed by atoms with E-state index >= 15 is 0 Å². The summed E-state index contributed by atoms with van der Waals surface area (Å²) in [5.41, 5.74) is 2.77. The molecule has 6 heteroatoms. The van der Waals surface area contributed by atoms with Crippen molar-refractivity contribution in [2.24, 2.45) is 0 Å². The van der Waals surface area contributed by atoms with Crippen molar-refractivity contribution in [2.75, 3.05) is 0 Å². The number of hydrogen-bond acceptors (Lipinski definition) is 3. The number of hydrogen-bond donors (Lipinski definition) is 1. The van der Waals surface area contributed by atoms with Crippen LogP contribution < -0.4 is 5.32 Å². The van der Waals surface area contributed by atoms with Gasteiger partial charge in [0.1, 0.15) is 6.04 Å². The van der Waals surface area contributed by atoms with E-state index in [1.807, 2.05) is 31.2 Å². The van der Waals surface area contributed by atoms with Crippen LogP contribution in [0.25, 0.3) is 0 Å². The minimum Gasteiger partial charge on any atom is -0.459 e. The molecular formula is C26H27ClN2O3. The van der Waals surface area contributed by atoms with Gasteiger partial charge in [0.05, 0.1) is 6.26 Å². The Bertz CT molecular complexity index is 1040. The molecule has 0 saturated heterocycles. The summed E-state index contributed by atoms with van der Waals surface area (Å²) in [5, 5.41) is 3.75. The van der Waals surface area contributed by atoms with Crippen LogP contribution in [0.15, 0.2) is 71.3 Å². The summed E-state index contributed by atoms with van der Waals surface area (Å²) in [6.07, 6.45) is 5.60. The lowest BCUT2D eigenvalue weighted by molar-refractivity contribution is -0.126. The van der Waals surface area contributed by atoms with Gasteiger partial charge < -0.3 is 14.6 Å². The molecule has 2 amide bonds. The predicted molar refractivity (Wildman–Crippen MR) is 124 cm³/mol. The minimum absolute atomic E-state index is 0.136. The zero-order valence-electron chi connectivity index (χ0n) is 18.1. The summed E-state index contributed by atoms with van der Waals surface area (Å²) >= 11 is 6.11. The Hall–Kier alpha value is -3.05. The molecule has 32 heavy (non-hydrogen) atoms. The van der Waals surface area contributed by atoms with E-state index in [-0.39, 0.29) is 30.2 Å². The van der Waals surface area contributed by atoms with E-state index in [9.17, 15) is 9.59 Å². The van der Waals surface area contributed by atoms with Gasteiger partial charge in [0.2, 0.25) is 5.91 Å². The number of benzene rings is 2. The Morgan fingerprint density at radius 3 is 2.38 bits per heavy atom. The summed E-state index contributed by atoms with van der Waals surface area (Å²) in [6, 6.07) is 17.7. The molecule has 0 spiro atoms. The molecule has 1 aliphatic rings. The Balaban J connectivity index is 1.73. The van der Waals surface area contributed by atoms with Crippen LogP contribution in [-0.2, 0) is 11.3 Å². The van der Waals surface area contributed by atoms with Crippen LogP contribution in [0.4, 0.5) is 0 Å². The fraction of sp³-hybridized carbons (Fsp3) is 0.308. The molecule has 5 nitrogen and oxygen atoms in total. The van der Waals surface area contributed by atoms with Gasteiger partial charge in [0.25, 0.3) is 5.91 Å². The molecule has 1 unspecified atom stereocenters. The molecular weight excluding hydrogens is 424 g/mol. The maximum atomic E-state index is 13.6. The second kappa shape index (κ2) is 10.0. The van der Waals surface area contributed by atoms with Crippen molar-refractivity contribution in [1.29, 1.82) is 0 Å². The maximum absolute atomic E-state index is 13.6. The van der Waals surface area contributed by atoms with Crippen molar-refractivity contribution in [3.05, 3.63) is 94.4 Å². The van der Waals surface area contributed by atoms with Gasteiger partial charge in [0, 0.05) is 17.6 Å². The predicted octanol–water partition coefficient (Wildman–Crippen LogP) is 5.68. The molecule has 166 valence electrons. The summed E-state index contributed by atoms with van der Waals surface area (Å²) < 4.78 is 5.41. The number of nitrogens with zero attached hydrogens (tertiary/aromatic N) is 1. The lowest BCUT2D eigenvalue weighted by Gasteiger charge is -2.32. The maximum Gasteiger partial charge on any atom is 0.290 e. The van der Waals surface area contributed by atoms with Crippen molar-refractivity contribution in [3.8, 4) is 0 Å². The Morgan fingerprint density at radius 1 is 1.06 bits per heavy atom. The molecule has 1 N–H and O–H groups in total. The topological polar surface area (TPSA) is 62.6 Å². The SMILES string of the molecule is Cc1ccc(CN(C(=O)c2ccco2)C(C(=O)NC2CCCC2)c2ccc(Cl)cc2)cc1. The summed E-state index contributed by atoms with van der Waals surface area (Å²) in [6.45, 7) is 2.28. The number of carbonyl (C=O) groups excluding carboxylic acids is 2. The fourth-order valence-electron chi connectivity index (χ4n) is 4.18. The van der Waals surface area contributed by atoms with E-state index in [4.69, 9.17) is 16.0 Å². The van der Waals surface area contributed by atoms with E-state index < -0.39 is 6.04 Å². The van der Waals surface area contributed by atoms with Gasteiger partial charge in [0.15, 0.2) is 5.76 Å². The first-order valence-corrected chi connectivity index (χ1v) is 11.3. The van der Waals surface area contributed by atoms with Crippen LogP contribution in [0.5, 0.6) is 0 Å². The largest absolute Gasteiger partial charge is 0.459 e. The van der Waals surface area contributed by atoms with E-state index in [1.54, 1.807) is 41.3 Å². The van der Waals surface area contributed by atoms with E-state index in [1.165, 1.54) is 6.26 Å². The van der Waals surface area contributed by atoms with Gasteiger partial charge in [-0.15, -0.1) is 0 Å². The van der Waals surface area contributed by atoms with Gasteiger partial charge >= 0.3 is 0 Å². The molecule has 2 aromatic carbocycles. The number of aryl methyl sites for hydroxylation is 1. The lowest BCUT2D eigenvalue weighted by atomic mass is 10.0. The smallest absolute Gasteiger partial charge is 0.290 e. The third-order valence-electron chi connectivity index (χ3n) is 5.91. The van der Waals surface area contributed by atoms with Crippen LogP contribution in [0.2, 0.25) is 5.02 Å². The highest BCUT2D eigenvalue weighted by atomic mass is 35.5. The third kappa shape index (κ3) is 5.22. The number of nitrogens with one attached hydrogen (secondary N) is 1. The van der Waals surface area contributed by atoms with Gasteiger partial charge in [-0.25, -0.2) is 0 Å². The number of furan rings is 1. The second-order valence-corrected chi connectivity index (χ2v) is 8.78. The first-order chi connectivity index (χ1) is 15.5. The van der Waals surface area contributed by atoms with E-state index in [0.29, 0.717) is 10.6 Å². The molecule has 1 saturated carbocycles. The zero-order chi connectivity index (χ0) is 22.5. The molecule has 1 atom stereocenters. The van der Waals surface area contributed by atoms with Crippen molar-refractivity contribution in [1.82, 2.24) is 10.2 Å². The second-order valence-electron chi connectivity index (χ2n) is 8.34. The molecule has 1 aromatic heterocycles. The summed E-state index contributed by atoms with van der Waals surface area (Å²) in [4.78, 5) is 28.7. The quantitative estimate of drug-likeness (QED) is 0.503. The van der Waals surface area contributed by atoms with E-state index in [0.717, 1.165) is 36.8 Å². The van der Waals surface area contributed by atoms with Crippen LogP contribution in [0, 0.1) is 6.92 Å². The Labute approximate surface area is 193 Å². The zero-order valence-corrected chi connectivity index (χ0v) is 18.8. The molecule has 1 fully saturated rings. The first kappa shape index (κ1) is 22.2. The summed E-state index contributed by atoms with van der Waals surface area (Å²) in [5.74, 6) is -0.326. The van der Waals surface area contributed by atoms with Crippen LogP contribution in [0.3, 0.4) is 0 Å². The third-order valence-corrected chi connectivity index (χ3v) is 6.17. The van der Waals surface area contributed by atoms with Crippen molar-refractivity contribution in [3.63, 3.8) is 0 Å². The Kier molecular flexibility index (Phi) is 6.96. The van der Waals surface area contributed by atoms with Crippen LogP contribution in [0.1, 0.15) is 59.0 Å². The summed E-state index contributed by atoms with van der Waals surface area (Å²) in [7, 11) is 0. The van der Waals surface area contributed by atoms with Crippen LogP contribution >= 0.6 is 11.6 Å². The normalized spacial score (nSPS) is 14.8. The molecule has 0 radical (unpaired) electrons. The fourth-order valence-corrected chi connectivity index (χ4v) is 4.31. The van der Waals surface area contributed by atoms with Crippen molar-refractivity contribution >= 4 is 23.4 Å². The first-order valence-electron chi connectivity index (χ1n) is 11.0. The molecule has 1 aliphatic carbocycles. The van der Waals surface area contributed by atoms with Gasteiger partial charge in [-0.2, -0.15) is 0 Å². The highest BCUT2D eigenvalue weighted by Crippen LogP contribution is 2.28. The van der Waals surface area contributed by atoms with E-state index in [2.05, 4.69) is 5.32 Å². The average molecular weight is 451 g/mol. The lowest BCUT2D eigenvalue weighted by Crippen LogP contribution is -2.45. The monoisotopic (exact) mass is 450 g/mol. The molecule has 1 heterocycles. The van der Waals surface area contributed by atoms with Gasteiger partial charge in [-0.3, -0.25) is 9.59 Å². The van der Waals surface area contributed by atoms with Crippen molar-refractivity contribution in [2.45, 2.75) is 51.2 Å². The Morgan fingerprint density at radius 2 is 1.75 bits per heavy atom. The molecule has 0 bridgehead atoms. The minimum atomic E-state index is -0.813. The highest BCUT2D eigenvalue weighted by Gasteiger charge is 2.34. The molecule has 4 rings (SSSR count). The average Bonchev–Trinajstić information content (AvgIpc) is 3.50. The number of carbonyl (C=O) groups is 2. The number of amides is 2. The van der Waals surface area contributed by atoms with Crippen LogP contribution in [-0.4, -0.2) is 22.8 Å². The number of halogens is 1. The number of rotatable bonds is 7. The molecule has 0 aliphatic heterocycles.